The van der Waals surface area contributed by atoms with Crippen LogP contribution in [-0.2, 0) is 0 Å². The second-order valence-electron chi connectivity index (χ2n) is 3.60. The number of benzene rings is 1. The van der Waals surface area contributed by atoms with Crippen molar-refractivity contribution in [2.75, 3.05) is 0 Å². The summed E-state index contributed by atoms with van der Waals surface area (Å²) in [6.07, 6.45) is 1.73. The van der Waals surface area contributed by atoms with E-state index in [9.17, 15) is 0 Å². The first-order chi connectivity index (χ1) is 8.83. The number of hydrogen-bond acceptors (Lipinski definition) is 4. The highest BCUT2D eigenvalue weighted by atomic mass is 35.5. The number of nitrogens with zero attached hydrogens (tertiary/aromatic N) is 3. The topological polar surface area (TPSA) is 38.7 Å². The van der Waals surface area contributed by atoms with Crippen molar-refractivity contribution in [1.82, 2.24) is 15.0 Å². The minimum Gasteiger partial charge on any atom is -0.241 e. The molecule has 0 spiro atoms. The first kappa shape index (κ1) is 11.3. The highest BCUT2D eigenvalue weighted by Gasteiger charge is 2.09. The number of hydrogen-bond donors (Lipinski definition) is 0. The summed E-state index contributed by atoms with van der Waals surface area (Å²) in [6.45, 7) is 0. The molecule has 0 fully saturated rings. The fraction of sp³-hybridized carbons (Fsp3) is 0. The summed E-state index contributed by atoms with van der Waals surface area (Å²) >= 11 is 7.54. The molecule has 18 heavy (non-hydrogen) atoms. The van der Waals surface area contributed by atoms with Gasteiger partial charge in [-0.25, -0.2) is 15.0 Å². The molecule has 0 bridgehead atoms. The molecule has 3 nitrogen and oxygen atoms in total. The van der Waals surface area contributed by atoms with Gasteiger partial charge in [0, 0.05) is 23.2 Å². The molecular formula is C13H8ClN3S. The lowest BCUT2D eigenvalue weighted by atomic mass is 10.1. The van der Waals surface area contributed by atoms with Gasteiger partial charge in [0.1, 0.15) is 5.15 Å². The highest BCUT2D eigenvalue weighted by Crippen LogP contribution is 2.24. The van der Waals surface area contributed by atoms with E-state index in [1.807, 2.05) is 35.7 Å². The largest absolute Gasteiger partial charge is 0.241 e. The molecular weight excluding hydrogens is 266 g/mol. The van der Waals surface area contributed by atoms with Crippen LogP contribution in [0.25, 0.3) is 22.1 Å². The summed E-state index contributed by atoms with van der Waals surface area (Å²) < 4.78 is 0. The molecule has 3 aromatic rings. The van der Waals surface area contributed by atoms with Crippen LogP contribution in [0.4, 0.5) is 0 Å². The maximum absolute atomic E-state index is 6.04. The predicted molar refractivity (Wildman–Crippen MR) is 73.6 cm³/mol. The Morgan fingerprint density at radius 1 is 1.06 bits per heavy atom. The summed E-state index contributed by atoms with van der Waals surface area (Å²) in [4.78, 5) is 12.9. The smallest absolute Gasteiger partial charge is 0.190 e. The van der Waals surface area contributed by atoms with E-state index < -0.39 is 0 Å². The Hall–Kier alpha value is -1.78. The lowest BCUT2D eigenvalue weighted by Gasteiger charge is -2.03. The van der Waals surface area contributed by atoms with Crippen molar-refractivity contribution < 1.29 is 0 Å². The van der Waals surface area contributed by atoms with Gasteiger partial charge in [-0.2, -0.15) is 0 Å². The van der Waals surface area contributed by atoms with E-state index in [0.29, 0.717) is 11.0 Å². The van der Waals surface area contributed by atoms with E-state index in [4.69, 9.17) is 11.6 Å². The average Bonchev–Trinajstić information content (AvgIpc) is 2.93. The normalized spacial score (nSPS) is 10.5. The maximum Gasteiger partial charge on any atom is 0.190 e. The van der Waals surface area contributed by atoms with Crippen LogP contribution in [0.1, 0.15) is 0 Å². The van der Waals surface area contributed by atoms with Gasteiger partial charge in [0.15, 0.2) is 10.8 Å². The summed E-state index contributed by atoms with van der Waals surface area (Å²) in [5.41, 5.74) is 1.82. The van der Waals surface area contributed by atoms with Crippen molar-refractivity contribution >= 4 is 22.9 Å². The number of thiazole rings is 1. The average molecular weight is 274 g/mol. The van der Waals surface area contributed by atoms with Crippen LogP contribution >= 0.6 is 22.9 Å². The van der Waals surface area contributed by atoms with Crippen LogP contribution in [0.3, 0.4) is 0 Å². The number of halogens is 1. The summed E-state index contributed by atoms with van der Waals surface area (Å²) in [7, 11) is 0. The van der Waals surface area contributed by atoms with Crippen molar-refractivity contribution in [1.29, 1.82) is 0 Å². The molecule has 0 aliphatic carbocycles. The second-order valence-corrected chi connectivity index (χ2v) is 4.88. The molecule has 2 aromatic heterocycles. The lowest BCUT2D eigenvalue weighted by molar-refractivity contribution is 1.17. The standard InChI is InChI=1S/C13H8ClN3S/c14-11-8-10(9-4-2-1-3-5-9)16-12(17-11)13-15-6-7-18-13/h1-8H. The molecule has 0 N–H and O–H groups in total. The van der Waals surface area contributed by atoms with E-state index in [1.165, 1.54) is 11.3 Å². The molecule has 0 unspecified atom stereocenters. The van der Waals surface area contributed by atoms with Gasteiger partial charge in [-0.3, -0.25) is 0 Å². The molecule has 0 radical (unpaired) electrons. The maximum atomic E-state index is 6.04. The monoisotopic (exact) mass is 273 g/mol. The van der Waals surface area contributed by atoms with Gasteiger partial charge in [-0.05, 0) is 0 Å². The molecule has 88 valence electrons. The predicted octanol–water partition coefficient (Wildman–Crippen LogP) is 3.92. The third-order valence-electron chi connectivity index (χ3n) is 2.39. The van der Waals surface area contributed by atoms with Crippen LogP contribution in [0.15, 0.2) is 48.0 Å². The Labute approximate surface area is 113 Å². The van der Waals surface area contributed by atoms with Gasteiger partial charge < -0.3 is 0 Å². The van der Waals surface area contributed by atoms with Crippen LogP contribution in [0.5, 0.6) is 0 Å². The van der Waals surface area contributed by atoms with Gasteiger partial charge in [-0.1, -0.05) is 41.9 Å². The molecule has 0 amide bonds. The minimum atomic E-state index is 0.425. The van der Waals surface area contributed by atoms with Gasteiger partial charge in [0.05, 0.1) is 5.69 Å². The highest BCUT2D eigenvalue weighted by molar-refractivity contribution is 7.13. The Kier molecular flexibility index (Phi) is 3.04. The van der Waals surface area contributed by atoms with Crippen molar-refractivity contribution in [3.8, 4) is 22.1 Å². The fourth-order valence-electron chi connectivity index (χ4n) is 1.60. The molecule has 5 heteroatoms. The third-order valence-corrected chi connectivity index (χ3v) is 3.35. The molecule has 0 aliphatic rings. The zero-order chi connectivity index (χ0) is 12.4. The fourth-order valence-corrected chi connectivity index (χ4v) is 2.36. The van der Waals surface area contributed by atoms with E-state index in [0.717, 1.165) is 16.3 Å². The van der Waals surface area contributed by atoms with Crippen molar-refractivity contribution in [2.24, 2.45) is 0 Å². The van der Waals surface area contributed by atoms with Crippen LogP contribution in [-0.4, -0.2) is 15.0 Å². The number of aromatic nitrogens is 3. The van der Waals surface area contributed by atoms with Gasteiger partial charge in [0.25, 0.3) is 0 Å². The van der Waals surface area contributed by atoms with Gasteiger partial charge >= 0.3 is 0 Å². The number of rotatable bonds is 2. The van der Waals surface area contributed by atoms with Gasteiger partial charge in [0.2, 0.25) is 0 Å². The Morgan fingerprint density at radius 2 is 1.89 bits per heavy atom. The molecule has 3 rings (SSSR count). The first-order valence-corrected chi connectivity index (χ1v) is 6.58. The van der Waals surface area contributed by atoms with Crippen molar-refractivity contribution in [2.45, 2.75) is 0 Å². The zero-order valence-electron chi connectivity index (χ0n) is 9.25. The minimum absolute atomic E-state index is 0.425. The Balaban J connectivity index is 2.12. The van der Waals surface area contributed by atoms with Crippen LogP contribution < -0.4 is 0 Å². The Morgan fingerprint density at radius 3 is 2.61 bits per heavy atom. The SMILES string of the molecule is Clc1cc(-c2ccccc2)nc(-c2nccs2)n1. The van der Waals surface area contributed by atoms with E-state index in [2.05, 4.69) is 15.0 Å². The first-order valence-electron chi connectivity index (χ1n) is 5.33. The van der Waals surface area contributed by atoms with Crippen LogP contribution in [0.2, 0.25) is 5.15 Å². The molecule has 0 aliphatic heterocycles. The van der Waals surface area contributed by atoms with Crippen molar-refractivity contribution in [3.63, 3.8) is 0 Å². The Bertz CT molecular complexity index is 653. The molecule has 0 atom stereocenters. The summed E-state index contributed by atoms with van der Waals surface area (Å²) in [5, 5.41) is 3.09. The molecule has 1 aromatic carbocycles. The third kappa shape index (κ3) is 2.25. The molecule has 0 saturated heterocycles. The van der Waals surface area contributed by atoms with Gasteiger partial charge in [-0.15, -0.1) is 11.3 Å². The second kappa shape index (κ2) is 4.84. The summed E-state index contributed by atoms with van der Waals surface area (Å²) in [5.74, 6) is 0.566. The van der Waals surface area contributed by atoms with Crippen LogP contribution in [0, 0.1) is 0 Å². The van der Waals surface area contributed by atoms with E-state index in [1.54, 1.807) is 12.3 Å². The molecule has 2 heterocycles. The van der Waals surface area contributed by atoms with Crippen molar-refractivity contribution in [3.05, 3.63) is 53.1 Å². The zero-order valence-corrected chi connectivity index (χ0v) is 10.8. The van der Waals surface area contributed by atoms with E-state index >= 15 is 0 Å². The quantitative estimate of drug-likeness (QED) is 0.664. The van der Waals surface area contributed by atoms with E-state index in [-0.39, 0.29) is 0 Å². The molecule has 0 saturated carbocycles. The lowest BCUT2D eigenvalue weighted by Crippen LogP contribution is -1.92. The summed E-state index contributed by atoms with van der Waals surface area (Å²) in [6, 6.07) is 11.6.